The van der Waals surface area contributed by atoms with Crippen molar-refractivity contribution >= 4 is 23.3 Å². The largest absolute Gasteiger partial charge is 0.454 e. The number of aryl methyl sites for hydroxylation is 1. The van der Waals surface area contributed by atoms with Crippen molar-refractivity contribution in [3.05, 3.63) is 52.8 Å². The van der Waals surface area contributed by atoms with Crippen LogP contribution in [0.25, 0.3) is 0 Å². The van der Waals surface area contributed by atoms with Gasteiger partial charge in [0.25, 0.3) is 0 Å². The fraction of sp³-hybridized carbons (Fsp3) is 0.350. The van der Waals surface area contributed by atoms with Gasteiger partial charge in [-0.1, -0.05) is 6.07 Å². The maximum atomic E-state index is 12.5. The van der Waals surface area contributed by atoms with Crippen LogP contribution in [-0.4, -0.2) is 28.8 Å². The minimum Gasteiger partial charge on any atom is -0.454 e. The molecule has 0 radical (unpaired) electrons. The predicted octanol–water partition coefficient (Wildman–Crippen LogP) is 3.68. The Morgan fingerprint density at radius 2 is 1.85 bits per heavy atom. The number of nitrogens with zero attached hydrogens (tertiary/aromatic N) is 1. The summed E-state index contributed by atoms with van der Waals surface area (Å²) in [6.45, 7) is 9.00. The maximum absolute atomic E-state index is 12.5. The SMILES string of the molecule is CC(=O)Nc1cccc(C(=O)OCC(=O)c2cc(C)n(C(C)C)c2C)c1. The molecule has 0 unspecified atom stereocenters. The van der Waals surface area contributed by atoms with E-state index in [0.717, 1.165) is 11.4 Å². The van der Waals surface area contributed by atoms with E-state index in [9.17, 15) is 14.4 Å². The van der Waals surface area contributed by atoms with Gasteiger partial charge in [-0.15, -0.1) is 0 Å². The third-order valence-electron chi connectivity index (χ3n) is 4.05. The van der Waals surface area contributed by atoms with Gasteiger partial charge in [0.2, 0.25) is 11.7 Å². The topological polar surface area (TPSA) is 77.4 Å². The third-order valence-corrected chi connectivity index (χ3v) is 4.05. The smallest absolute Gasteiger partial charge is 0.338 e. The Hall–Kier alpha value is -2.89. The number of carbonyl (C=O) groups is 3. The second kappa shape index (κ2) is 7.99. The lowest BCUT2D eigenvalue weighted by atomic mass is 10.1. The van der Waals surface area contributed by atoms with E-state index in [1.54, 1.807) is 18.2 Å². The molecule has 0 aliphatic rings. The molecule has 0 atom stereocenters. The summed E-state index contributed by atoms with van der Waals surface area (Å²) in [5.74, 6) is -1.08. The highest BCUT2D eigenvalue weighted by Gasteiger charge is 2.19. The van der Waals surface area contributed by atoms with Gasteiger partial charge < -0.3 is 14.6 Å². The summed E-state index contributed by atoms with van der Waals surface area (Å²) >= 11 is 0. The Morgan fingerprint density at radius 1 is 1.15 bits per heavy atom. The van der Waals surface area contributed by atoms with Crippen molar-refractivity contribution in [3.8, 4) is 0 Å². The first-order chi connectivity index (χ1) is 12.2. The number of anilines is 1. The molecule has 0 bridgehead atoms. The molecule has 2 aromatic rings. The van der Waals surface area contributed by atoms with Crippen molar-refractivity contribution < 1.29 is 19.1 Å². The van der Waals surface area contributed by atoms with E-state index < -0.39 is 5.97 Å². The number of ketones is 1. The number of hydrogen-bond donors (Lipinski definition) is 1. The zero-order valence-corrected chi connectivity index (χ0v) is 15.8. The highest BCUT2D eigenvalue weighted by Crippen LogP contribution is 2.21. The molecule has 6 heteroatoms. The zero-order valence-electron chi connectivity index (χ0n) is 15.8. The number of amides is 1. The van der Waals surface area contributed by atoms with Gasteiger partial charge in [0.1, 0.15) is 0 Å². The molecule has 0 saturated carbocycles. The molecule has 1 aromatic carbocycles. The summed E-state index contributed by atoms with van der Waals surface area (Å²) in [5, 5.41) is 2.60. The summed E-state index contributed by atoms with van der Waals surface area (Å²) < 4.78 is 7.23. The minimum absolute atomic E-state index is 0.230. The normalized spacial score (nSPS) is 10.7. The molecule has 0 saturated heterocycles. The van der Waals surface area contributed by atoms with Gasteiger partial charge in [0, 0.05) is 35.6 Å². The van der Waals surface area contributed by atoms with Gasteiger partial charge in [-0.05, 0) is 52.0 Å². The van der Waals surface area contributed by atoms with Crippen LogP contribution >= 0.6 is 0 Å². The summed E-state index contributed by atoms with van der Waals surface area (Å²) in [5.41, 5.74) is 3.20. The van der Waals surface area contributed by atoms with Crippen molar-refractivity contribution in [2.24, 2.45) is 0 Å². The quantitative estimate of drug-likeness (QED) is 0.633. The lowest BCUT2D eigenvalue weighted by Gasteiger charge is -2.13. The van der Waals surface area contributed by atoms with Crippen molar-refractivity contribution in [1.29, 1.82) is 0 Å². The molecule has 1 amide bonds. The number of nitrogens with one attached hydrogen (secondary N) is 1. The molecule has 2 rings (SSSR count). The van der Waals surface area contributed by atoms with Crippen LogP contribution in [0.15, 0.2) is 30.3 Å². The van der Waals surface area contributed by atoms with Crippen molar-refractivity contribution in [3.63, 3.8) is 0 Å². The summed E-state index contributed by atoms with van der Waals surface area (Å²) in [6.07, 6.45) is 0. The standard InChI is InChI=1S/C20H24N2O4/c1-12(2)22-13(3)9-18(14(22)4)19(24)11-26-20(25)16-7-6-8-17(10-16)21-15(5)23/h6-10,12H,11H2,1-5H3,(H,21,23). The fourth-order valence-electron chi connectivity index (χ4n) is 3.07. The van der Waals surface area contributed by atoms with Gasteiger partial charge in [-0.3, -0.25) is 9.59 Å². The third kappa shape index (κ3) is 4.39. The van der Waals surface area contributed by atoms with Crippen LogP contribution in [0.4, 0.5) is 5.69 Å². The average Bonchev–Trinajstić information content (AvgIpc) is 2.86. The van der Waals surface area contributed by atoms with Crippen LogP contribution in [-0.2, 0) is 9.53 Å². The molecule has 1 N–H and O–H groups in total. The first-order valence-corrected chi connectivity index (χ1v) is 8.47. The number of Topliss-reactive ketones (excluding diaryl/α,β-unsaturated/α-hetero) is 1. The van der Waals surface area contributed by atoms with E-state index >= 15 is 0 Å². The lowest BCUT2D eigenvalue weighted by molar-refractivity contribution is -0.114. The zero-order chi connectivity index (χ0) is 19.4. The van der Waals surface area contributed by atoms with Crippen molar-refractivity contribution in [2.45, 2.75) is 40.7 Å². The van der Waals surface area contributed by atoms with Crippen LogP contribution in [0.3, 0.4) is 0 Å². The molecule has 0 aliphatic carbocycles. The number of benzene rings is 1. The van der Waals surface area contributed by atoms with Crippen LogP contribution in [0.5, 0.6) is 0 Å². The van der Waals surface area contributed by atoms with Crippen LogP contribution in [0.1, 0.15) is 58.9 Å². The second-order valence-corrected chi connectivity index (χ2v) is 6.51. The molecule has 0 fully saturated rings. The van der Waals surface area contributed by atoms with Crippen LogP contribution < -0.4 is 5.32 Å². The summed E-state index contributed by atoms with van der Waals surface area (Å²) in [7, 11) is 0. The molecule has 1 heterocycles. The van der Waals surface area contributed by atoms with E-state index in [1.807, 2.05) is 19.9 Å². The first kappa shape index (κ1) is 19.4. The van der Waals surface area contributed by atoms with Gasteiger partial charge in [-0.25, -0.2) is 4.79 Å². The number of aromatic nitrogens is 1. The molecule has 26 heavy (non-hydrogen) atoms. The molecular formula is C20H24N2O4. The molecule has 0 spiro atoms. The Balaban J connectivity index is 2.07. The van der Waals surface area contributed by atoms with E-state index in [0.29, 0.717) is 11.3 Å². The monoisotopic (exact) mass is 356 g/mol. The molecular weight excluding hydrogens is 332 g/mol. The molecule has 0 aliphatic heterocycles. The summed E-state index contributed by atoms with van der Waals surface area (Å²) in [4.78, 5) is 35.7. The number of carbonyl (C=O) groups excluding carboxylic acids is 3. The van der Waals surface area contributed by atoms with Crippen LogP contribution in [0.2, 0.25) is 0 Å². The van der Waals surface area contributed by atoms with Crippen molar-refractivity contribution in [1.82, 2.24) is 4.57 Å². The van der Waals surface area contributed by atoms with E-state index in [4.69, 9.17) is 4.74 Å². The number of hydrogen-bond acceptors (Lipinski definition) is 4. The predicted molar refractivity (Wildman–Crippen MR) is 99.6 cm³/mol. The Labute approximate surface area is 153 Å². The molecule has 138 valence electrons. The van der Waals surface area contributed by atoms with E-state index in [1.165, 1.54) is 13.0 Å². The van der Waals surface area contributed by atoms with Crippen LogP contribution in [0, 0.1) is 13.8 Å². The average molecular weight is 356 g/mol. The van der Waals surface area contributed by atoms with E-state index in [-0.39, 0.29) is 29.9 Å². The first-order valence-electron chi connectivity index (χ1n) is 8.47. The second-order valence-electron chi connectivity index (χ2n) is 6.51. The Bertz CT molecular complexity index is 849. The number of rotatable bonds is 6. The highest BCUT2D eigenvalue weighted by atomic mass is 16.5. The Kier molecular flexibility index (Phi) is 5.97. The lowest BCUT2D eigenvalue weighted by Crippen LogP contribution is -2.15. The maximum Gasteiger partial charge on any atom is 0.338 e. The fourth-order valence-corrected chi connectivity index (χ4v) is 3.07. The van der Waals surface area contributed by atoms with Gasteiger partial charge >= 0.3 is 5.97 Å². The molecule has 1 aromatic heterocycles. The van der Waals surface area contributed by atoms with E-state index in [2.05, 4.69) is 23.7 Å². The van der Waals surface area contributed by atoms with Crippen molar-refractivity contribution in [2.75, 3.05) is 11.9 Å². The minimum atomic E-state index is -0.608. The van der Waals surface area contributed by atoms with Gasteiger partial charge in [0.05, 0.1) is 5.56 Å². The highest BCUT2D eigenvalue weighted by molar-refractivity contribution is 6.00. The Morgan fingerprint density at radius 3 is 2.42 bits per heavy atom. The number of ether oxygens (including phenoxy) is 1. The summed E-state index contributed by atoms with van der Waals surface area (Å²) in [6, 6.07) is 8.46. The van der Waals surface area contributed by atoms with Gasteiger partial charge in [-0.2, -0.15) is 0 Å². The van der Waals surface area contributed by atoms with Gasteiger partial charge in [0.15, 0.2) is 6.61 Å². The molecule has 6 nitrogen and oxygen atoms in total. The number of esters is 1.